The predicted octanol–water partition coefficient (Wildman–Crippen LogP) is -5.66. The molecule has 0 aromatic rings. The summed E-state index contributed by atoms with van der Waals surface area (Å²) in [6.45, 7) is -0.967. The smallest absolute Gasteiger partial charge is 0.186 e. The van der Waals surface area contributed by atoms with Crippen LogP contribution in [0.2, 0.25) is 0 Å². The quantitative estimate of drug-likeness (QED) is 0.216. The molecule has 28 heavy (non-hydrogen) atoms. The molecule has 0 saturated carbocycles. The lowest BCUT2D eigenvalue weighted by Crippen LogP contribution is -2.62. The van der Waals surface area contributed by atoms with Crippen LogP contribution in [0.15, 0.2) is 0 Å². The van der Waals surface area contributed by atoms with E-state index in [1.165, 1.54) is 0 Å². The summed E-state index contributed by atoms with van der Waals surface area (Å²) in [6, 6.07) is 0. The molecule has 164 valence electrons. The minimum absolute atomic E-state index is 0.308. The zero-order chi connectivity index (χ0) is 20.6. The molecule has 3 rings (SSSR count). The third kappa shape index (κ3) is 4.46. The van der Waals surface area contributed by atoms with Crippen molar-refractivity contribution in [2.45, 2.75) is 73.8 Å². The summed E-state index contributed by atoms with van der Waals surface area (Å²) in [5.74, 6) is 0. The lowest BCUT2D eigenvalue weighted by Gasteiger charge is -2.43. The molecule has 13 nitrogen and oxygen atoms in total. The first-order valence-electron chi connectivity index (χ1n) is 8.81. The van der Waals surface area contributed by atoms with Gasteiger partial charge < -0.3 is 64.5 Å². The van der Waals surface area contributed by atoms with Crippen LogP contribution in [0.4, 0.5) is 0 Å². The van der Waals surface area contributed by atoms with E-state index < -0.39 is 73.8 Å². The Kier molecular flexibility index (Phi) is 7.20. The van der Waals surface area contributed by atoms with Crippen molar-refractivity contribution in [3.8, 4) is 0 Å². The van der Waals surface area contributed by atoms with Crippen molar-refractivity contribution < 1.29 is 64.5 Å². The number of rotatable bonds is 4. The van der Waals surface area contributed by atoms with Gasteiger partial charge in [-0.3, -0.25) is 0 Å². The number of hydrogen-bond donors (Lipinski definition) is 8. The second-order valence-corrected chi connectivity index (χ2v) is 6.99. The van der Waals surface area contributed by atoms with Crippen LogP contribution in [0.25, 0.3) is 0 Å². The van der Waals surface area contributed by atoms with Gasteiger partial charge in [0.1, 0.15) is 54.9 Å². The average Bonchev–Trinajstić information content (AvgIpc) is 2.67. The molecule has 3 fully saturated rings. The van der Waals surface area contributed by atoms with Gasteiger partial charge in [0, 0.05) is 0 Å². The van der Waals surface area contributed by atoms with E-state index >= 15 is 0 Å². The van der Waals surface area contributed by atoms with Crippen molar-refractivity contribution in [2.75, 3.05) is 19.8 Å². The summed E-state index contributed by atoms with van der Waals surface area (Å²) in [7, 11) is 0. The molecule has 0 aliphatic carbocycles. The maximum atomic E-state index is 10.5. The first kappa shape index (κ1) is 22.2. The van der Waals surface area contributed by atoms with Crippen LogP contribution in [-0.2, 0) is 23.7 Å². The Bertz CT molecular complexity index is 508. The topological polar surface area (TPSA) is 208 Å². The van der Waals surface area contributed by atoms with Crippen LogP contribution in [0, 0.1) is 0 Å². The maximum absolute atomic E-state index is 10.5. The maximum Gasteiger partial charge on any atom is 0.186 e. The van der Waals surface area contributed by atoms with Gasteiger partial charge in [0.15, 0.2) is 18.9 Å². The van der Waals surface area contributed by atoms with Crippen molar-refractivity contribution in [1.29, 1.82) is 0 Å². The Morgan fingerprint density at radius 3 is 1.57 bits per heavy atom. The molecule has 3 aliphatic rings. The minimum Gasteiger partial charge on any atom is -0.388 e. The largest absolute Gasteiger partial charge is 0.388 e. The van der Waals surface area contributed by atoms with Crippen LogP contribution in [0.1, 0.15) is 0 Å². The van der Waals surface area contributed by atoms with Gasteiger partial charge >= 0.3 is 0 Å². The monoisotopic (exact) mass is 414 g/mol. The minimum atomic E-state index is -1.65. The lowest BCUT2D eigenvalue weighted by molar-refractivity contribution is -0.356. The first-order valence-corrected chi connectivity index (χ1v) is 8.81. The van der Waals surface area contributed by atoms with Gasteiger partial charge in [0.25, 0.3) is 0 Å². The van der Waals surface area contributed by atoms with E-state index in [1.54, 1.807) is 0 Å². The Labute approximate surface area is 159 Å². The van der Waals surface area contributed by atoms with E-state index in [2.05, 4.69) is 0 Å². The van der Waals surface area contributed by atoms with E-state index in [1.807, 2.05) is 0 Å². The molecule has 0 bridgehead atoms. The second-order valence-electron chi connectivity index (χ2n) is 6.99. The number of aliphatic hydroxyl groups excluding tert-OH is 8. The third-order valence-corrected chi connectivity index (χ3v) is 4.94. The number of aliphatic hydroxyl groups is 8. The molecule has 3 aliphatic heterocycles. The van der Waals surface area contributed by atoms with Crippen molar-refractivity contribution in [1.82, 2.24) is 0 Å². The Morgan fingerprint density at radius 1 is 0.536 bits per heavy atom. The van der Waals surface area contributed by atoms with E-state index in [-0.39, 0.29) is 19.8 Å². The summed E-state index contributed by atoms with van der Waals surface area (Å²) in [4.78, 5) is 0. The molecule has 0 aromatic heterocycles. The van der Waals surface area contributed by atoms with Crippen molar-refractivity contribution >= 4 is 0 Å². The van der Waals surface area contributed by atoms with E-state index in [0.29, 0.717) is 0 Å². The van der Waals surface area contributed by atoms with Crippen LogP contribution in [0.5, 0.6) is 0 Å². The molecule has 12 unspecified atom stereocenters. The highest BCUT2D eigenvalue weighted by molar-refractivity contribution is 4.90. The summed E-state index contributed by atoms with van der Waals surface area (Å²) in [5, 5.41) is 78.6. The van der Waals surface area contributed by atoms with Gasteiger partial charge in [-0.2, -0.15) is 0 Å². The Hall–Kier alpha value is -0.520. The molecule has 8 N–H and O–H groups in total. The lowest BCUT2D eigenvalue weighted by atomic mass is 10.0. The fourth-order valence-electron chi connectivity index (χ4n) is 3.16. The Balaban J connectivity index is 1.62. The van der Waals surface area contributed by atoms with Gasteiger partial charge in [-0.05, 0) is 0 Å². The first-order chi connectivity index (χ1) is 13.2. The van der Waals surface area contributed by atoms with E-state index in [0.717, 1.165) is 0 Å². The normalized spacial score (nSPS) is 53.1. The van der Waals surface area contributed by atoms with Gasteiger partial charge in [0.2, 0.25) is 0 Å². The second kappa shape index (κ2) is 9.09. The average molecular weight is 414 g/mol. The van der Waals surface area contributed by atoms with Crippen molar-refractivity contribution in [3.63, 3.8) is 0 Å². The van der Waals surface area contributed by atoms with Gasteiger partial charge in [-0.1, -0.05) is 0 Å². The molecular weight excluding hydrogens is 388 g/mol. The molecule has 12 atom stereocenters. The van der Waals surface area contributed by atoms with Crippen molar-refractivity contribution in [2.24, 2.45) is 0 Å². The number of hydrogen-bond acceptors (Lipinski definition) is 13. The Morgan fingerprint density at radius 2 is 1.04 bits per heavy atom. The SMILES string of the molecule is OC1COC(OC2COC(O)C(OC3OCC(O)C(O)C3O)C2O)C(O)C1O. The zero-order valence-electron chi connectivity index (χ0n) is 14.7. The summed E-state index contributed by atoms with van der Waals surface area (Å²) in [5.41, 5.74) is 0. The van der Waals surface area contributed by atoms with Gasteiger partial charge in [-0.25, -0.2) is 0 Å². The van der Waals surface area contributed by atoms with Crippen LogP contribution in [0.3, 0.4) is 0 Å². The highest BCUT2D eigenvalue weighted by Crippen LogP contribution is 2.27. The molecule has 0 spiro atoms. The fourth-order valence-corrected chi connectivity index (χ4v) is 3.16. The highest BCUT2D eigenvalue weighted by Gasteiger charge is 2.48. The van der Waals surface area contributed by atoms with Crippen LogP contribution >= 0.6 is 0 Å². The van der Waals surface area contributed by atoms with Gasteiger partial charge in [-0.15, -0.1) is 0 Å². The molecule has 0 radical (unpaired) electrons. The molecule has 3 heterocycles. The summed E-state index contributed by atoms with van der Waals surface area (Å²) < 4.78 is 26.0. The standard InChI is InChI=1S/C15H26O13/c16-4-1-25-14(10(21)7(4)18)27-6-3-24-13(23)12(9(6)20)28-15-11(22)8(19)5(17)2-26-15/h4-23H,1-3H2. The summed E-state index contributed by atoms with van der Waals surface area (Å²) >= 11 is 0. The molecule has 3 saturated heterocycles. The number of ether oxygens (including phenoxy) is 5. The molecular formula is C15H26O13. The third-order valence-electron chi connectivity index (χ3n) is 4.94. The van der Waals surface area contributed by atoms with Crippen LogP contribution in [-0.4, -0.2) is 134 Å². The van der Waals surface area contributed by atoms with E-state index in [9.17, 15) is 40.9 Å². The molecule has 13 heteroatoms. The predicted molar refractivity (Wildman–Crippen MR) is 83.2 cm³/mol. The fraction of sp³-hybridized carbons (Fsp3) is 1.00. The molecule has 0 aromatic carbocycles. The van der Waals surface area contributed by atoms with Crippen LogP contribution < -0.4 is 0 Å². The zero-order valence-corrected chi connectivity index (χ0v) is 14.7. The molecule has 0 amide bonds. The highest BCUT2D eigenvalue weighted by atomic mass is 16.7. The van der Waals surface area contributed by atoms with Crippen molar-refractivity contribution in [3.05, 3.63) is 0 Å². The summed E-state index contributed by atoms with van der Waals surface area (Å²) in [6.07, 6.45) is -17.6. The van der Waals surface area contributed by atoms with E-state index in [4.69, 9.17) is 23.7 Å². The van der Waals surface area contributed by atoms with Gasteiger partial charge in [0.05, 0.1) is 19.8 Å².